The number of imidazole rings is 1. The van der Waals surface area contributed by atoms with Crippen molar-refractivity contribution in [2.24, 2.45) is 5.41 Å². The monoisotopic (exact) mass is 313 g/mol. The van der Waals surface area contributed by atoms with Crippen LogP contribution in [-0.4, -0.2) is 32.6 Å². The molecule has 3 heterocycles. The largest absolute Gasteiger partial charge is 0.355 e. The molecule has 0 radical (unpaired) electrons. The van der Waals surface area contributed by atoms with Gasteiger partial charge in [0.2, 0.25) is 0 Å². The van der Waals surface area contributed by atoms with Crippen molar-refractivity contribution in [2.75, 3.05) is 18.0 Å². The van der Waals surface area contributed by atoms with Crippen LogP contribution in [0.5, 0.6) is 0 Å². The number of anilines is 1. The van der Waals surface area contributed by atoms with E-state index in [0.717, 1.165) is 30.1 Å². The average molecular weight is 313 g/mol. The molecule has 0 bridgehead atoms. The van der Waals surface area contributed by atoms with Crippen molar-refractivity contribution in [2.45, 2.75) is 64.8 Å². The van der Waals surface area contributed by atoms with Crippen LogP contribution in [0.15, 0.2) is 12.7 Å². The van der Waals surface area contributed by atoms with E-state index in [9.17, 15) is 0 Å². The molecule has 2 fully saturated rings. The lowest BCUT2D eigenvalue weighted by Gasteiger charge is -2.30. The molecule has 1 saturated heterocycles. The molecule has 4 rings (SSSR count). The van der Waals surface area contributed by atoms with Crippen LogP contribution in [0, 0.1) is 5.41 Å². The molecule has 0 aromatic carbocycles. The minimum Gasteiger partial charge on any atom is -0.355 e. The summed E-state index contributed by atoms with van der Waals surface area (Å²) in [5.41, 5.74) is 2.52. The van der Waals surface area contributed by atoms with Crippen molar-refractivity contribution in [3.05, 3.63) is 12.7 Å². The Bertz CT molecular complexity index is 684. The van der Waals surface area contributed by atoms with Gasteiger partial charge in [0.05, 0.1) is 6.33 Å². The highest BCUT2D eigenvalue weighted by molar-refractivity contribution is 5.83. The molecule has 23 heavy (non-hydrogen) atoms. The molecule has 0 atom stereocenters. The third-order valence-corrected chi connectivity index (χ3v) is 6.13. The summed E-state index contributed by atoms with van der Waals surface area (Å²) in [5, 5.41) is 0. The lowest BCUT2D eigenvalue weighted by Crippen LogP contribution is -2.27. The summed E-state index contributed by atoms with van der Waals surface area (Å²) in [6.07, 6.45) is 12.6. The second kappa shape index (κ2) is 5.77. The second-order valence-electron chi connectivity index (χ2n) is 7.30. The van der Waals surface area contributed by atoms with Crippen molar-refractivity contribution in [3.63, 3.8) is 0 Å². The maximum absolute atomic E-state index is 4.66. The molecule has 0 spiro atoms. The normalized spacial score (nSPS) is 21.6. The standard InChI is InChI=1S/C18H27N5/c1-3-18(4-2)8-5-10-22(11-9-18)16-15-17(20-12-19-16)23(13-21-15)14-6-7-14/h12-14H,3-11H2,1-2H3. The smallest absolute Gasteiger partial charge is 0.165 e. The van der Waals surface area contributed by atoms with E-state index in [4.69, 9.17) is 0 Å². The molecule has 1 aliphatic heterocycles. The third-order valence-electron chi connectivity index (χ3n) is 6.13. The Morgan fingerprint density at radius 2 is 1.91 bits per heavy atom. The fourth-order valence-electron chi connectivity index (χ4n) is 4.11. The molecule has 2 aromatic heterocycles. The highest BCUT2D eigenvalue weighted by Crippen LogP contribution is 2.40. The highest BCUT2D eigenvalue weighted by Gasteiger charge is 2.31. The average Bonchev–Trinajstić information content (AvgIpc) is 3.38. The number of fused-ring (bicyclic) bond motifs is 1. The zero-order valence-corrected chi connectivity index (χ0v) is 14.3. The van der Waals surface area contributed by atoms with Crippen LogP contribution in [0.2, 0.25) is 0 Å². The van der Waals surface area contributed by atoms with Crippen molar-refractivity contribution < 1.29 is 0 Å². The maximum Gasteiger partial charge on any atom is 0.165 e. The van der Waals surface area contributed by atoms with Crippen LogP contribution in [0.3, 0.4) is 0 Å². The second-order valence-corrected chi connectivity index (χ2v) is 7.30. The fraction of sp³-hybridized carbons (Fsp3) is 0.722. The van der Waals surface area contributed by atoms with Gasteiger partial charge in [0, 0.05) is 19.1 Å². The van der Waals surface area contributed by atoms with Crippen LogP contribution in [0.25, 0.3) is 11.2 Å². The Balaban J connectivity index is 1.64. The molecule has 124 valence electrons. The van der Waals surface area contributed by atoms with E-state index in [2.05, 4.69) is 38.3 Å². The van der Waals surface area contributed by atoms with Crippen LogP contribution in [-0.2, 0) is 0 Å². The van der Waals surface area contributed by atoms with E-state index in [-0.39, 0.29) is 0 Å². The maximum atomic E-state index is 4.66. The minimum atomic E-state index is 0.522. The van der Waals surface area contributed by atoms with E-state index in [1.807, 2.05) is 6.33 Å². The molecular weight excluding hydrogens is 286 g/mol. The van der Waals surface area contributed by atoms with Crippen LogP contribution in [0.4, 0.5) is 5.82 Å². The van der Waals surface area contributed by atoms with Gasteiger partial charge in [-0.1, -0.05) is 26.7 Å². The van der Waals surface area contributed by atoms with Gasteiger partial charge in [0.15, 0.2) is 17.0 Å². The Morgan fingerprint density at radius 1 is 1.09 bits per heavy atom. The van der Waals surface area contributed by atoms with Gasteiger partial charge in [-0.2, -0.15) is 0 Å². The van der Waals surface area contributed by atoms with Crippen LogP contribution in [0.1, 0.15) is 64.8 Å². The lowest BCUT2D eigenvalue weighted by atomic mass is 9.76. The first-order chi connectivity index (χ1) is 11.3. The van der Waals surface area contributed by atoms with Gasteiger partial charge in [-0.25, -0.2) is 15.0 Å². The molecule has 0 N–H and O–H groups in total. The van der Waals surface area contributed by atoms with Gasteiger partial charge >= 0.3 is 0 Å². The Morgan fingerprint density at radius 3 is 2.65 bits per heavy atom. The van der Waals surface area contributed by atoms with Gasteiger partial charge in [-0.3, -0.25) is 0 Å². The van der Waals surface area contributed by atoms with Crippen LogP contribution < -0.4 is 4.90 Å². The number of hydrogen-bond donors (Lipinski definition) is 0. The zero-order chi connectivity index (χ0) is 15.9. The van der Waals surface area contributed by atoms with E-state index in [1.165, 1.54) is 44.9 Å². The van der Waals surface area contributed by atoms with E-state index >= 15 is 0 Å². The molecular formula is C18H27N5. The predicted octanol–water partition coefficient (Wildman–Crippen LogP) is 3.96. The lowest BCUT2D eigenvalue weighted by molar-refractivity contribution is 0.231. The summed E-state index contributed by atoms with van der Waals surface area (Å²) in [5.74, 6) is 1.04. The van der Waals surface area contributed by atoms with Gasteiger partial charge < -0.3 is 9.47 Å². The Hall–Kier alpha value is -1.65. The first-order valence-corrected chi connectivity index (χ1v) is 9.19. The van der Waals surface area contributed by atoms with Gasteiger partial charge in [-0.05, 0) is 37.5 Å². The Kier molecular flexibility index (Phi) is 3.74. The number of nitrogens with zero attached hydrogens (tertiary/aromatic N) is 5. The predicted molar refractivity (Wildman–Crippen MR) is 92.7 cm³/mol. The highest BCUT2D eigenvalue weighted by atomic mass is 15.2. The summed E-state index contributed by atoms with van der Waals surface area (Å²) in [4.78, 5) is 16.2. The summed E-state index contributed by atoms with van der Waals surface area (Å²) in [7, 11) is 0. The molecule has 1 aliphatic carbocycles. The molecule has 2 aliphatic rings. The molecule has 2 aromatic rings. The summed E-state index contributed by atoms with van der Waals surface area (Å²) in [6.45, 7) is 6.87. The minimum absolute atomic E-state index is 0.522. The number of hydrogen-bond acceptors (Lipinski definition) is 4. The molecule has 1 saturated carbocycles. The fourth-order valence-corrected chi connectivity index (χ4v) is 4.11. The van der Waals surface area contributed by atoms with Gasteiger partial charge in [-0.15, -0.1) is 0 Å². The molecule has 0 amide bonds. The summed E-state index contributed by atoms with van der Waals surface area (Å²) >= 11 is 0. The summed E-state index contributed by atoms with van der Waals surface area (Å²) < 4.78 is 2.24. The van der Waals surface area contributed by atoms with Crippen LogP contribution >= 0.6 is 0 Å². The van der Waals surface area contributed by atoms with Crippen molar-refractivity contribution in [1.29, 1.82) is 0 Å². The quantitative estimate of drug-likeness (QED) is 0.857. The van der Waals surface area contributed by atoms with Crippen molar-refractivity contribution in [1.82, 2.24) is 19.5 Å². The SMILES string of the molecule is CCC1(CC)CCCN(c2ncnc3c2ncn3C2CC2)CC1. The van der Waals surface area contributed by atoms with E-state index in [0.29, 0.717) is 11.5 Å². The summed E-state index contributed by atoms with van der Waals surface area (Å²) in [6, 6.07) is 0.611. The third kappa shape index (κ3) is 2.60. The number of aromatic nitrogens is 4. The van der Waals surface area contributed by atoms with Crippen molar-refractivity contribution >= 4 is 17.0 Å². The Labute approximate surface area is 138 Å². The zero-order valence-electron chi connectivity index (χ0n) is 14.3. The van der Waals surface area contributed by atoms with E-state index in [1.54, 1.807) is 6.33 Å². The first-order valence-electron chi connectivity index (χ1n) is 9.19. The first kappa shape index (κ1) is 14.9. The number of rotatable bonds is 4. The molecule has 5 nitrogen and oxygen atoms in total. The molecule has 5 heteroatoms. The van der Waals surface area contributed by atoms with E-state index < -0.39 is 0 Å². The van der Waals surface area contributed by atoms with Gasteiger partial charge in [0.1, 0.15) is 6.33 Å². The molecule has 0 unspecified atom stereocenters. The van der Waals surface area contributed by atoms with Crippen molar-refractivity contribution in [3.8, 4) is 0 Å². The van der Waals surface area contributed by atoms with Gasteiger partial charge in [0.25, 0.3) is 0 Å². The topological polar surface area (TPSA) is 46.8 Å².